The highest BCUT2D eigenvalue weighted by atomic mass is 16.5. The van der Waals surface area contributed by atoms with E-state index < -0.39 is 0 Å². The molecule has 4 nitrogen and oxygen atoms in total. The Hall–Kier alpha value is -1.32. The molecule has 0 radical (unpaired) electrons. The minimum Gasteiger partial charge on any atom is -0.481 e. The van der Waals surface area contributed by atoms with E-state index in [1.807, 2.05) is 0 Å². The predicted octanol–water partition coefficient (Wildman–Crippen LogP) is 1.31. The van der Waals surface area contributed by atoms with Crippen LogP contribution in [0.1, 0.15) is 13.3 Å². The van der Waals surface area contributed by atoms with Gasteiger partial charge in [0.2, 0.25) is 11.8 Å². The molecule has 1 aliphatic rings. The molecule has 0 amide bonds. The summed E-state index contributed by atoms with van der Waals surface area (Å²) in [5.74, 6) is 2.01. The van der Waals surface area contributed by atoms with Gasteiger partial charge < -0.3 is 10.1 Å². The third-order valence-corrected chi connectivity index (χ3v) is 2.26. The summed E-state index contributed by atoms with van der Waals surface area (Å²) in [4.78, 5) is 8.26. The van der Waals surface area contributed by atoms with Crippen LogP contribution in [-0.2, 0) is 0 Å². The van der Waals surface area contributed by atoms with E-state index in [-0.39, 0.29) is 0 Å². The Labute approximate surface area is 77.4 Å². The first-order chi connectivity index (χ1) is 6.29. The van der Waals surface area contributed by atoms with Crippen LogP contribution in [0.3, 0.4) is 0 Å². The standard InChI is InChI=1S/C9H13N3O/c1-6-5-7(6)11-9-10-4-3-8(12-9)13-2/h3-4,6-7H,5H2,1-2H3,(H,10,11,12). The molecule has 1 aliphatic carbocycles. The van der Waals surface area contributed by atoms with E-state index >= 15 is 0 Å². The Bertz CT molecular complexity index is 303. The maximum atomic E-state index is 4.99. The van der Waals surface area contributed by atoms with Crippen LogP contribution in [-0.4, -0.2) is 23.1 Å². The summed E-state index contributed by atoms with van der Waals surface area (Å²) in [5.41, 5.74) is 0. The molecule has 1 saturated carbocycles. The lowest BCUT2D eigenvalue weighted by Gasteiger charge is -2.03. The summed E-state index contributed by atoms with van der Waals surface area (Å²) < 4.78 is 4.99. The van der Waals surface area contributed by atoms with E-state index in [1.165, 1.54) is 6.42 Å². The average Bonchev–Trinajstić information content (AvgIpc) is 2.82. The molecule has 1 heterocycles. The summed E-state index contributed by atoms with van der Waals surface area (Å²) in [6.45, 7) is 2.21. The smallest absolute Gasteiger partial charge is 0.226 e. The van der Waals surface area contributed by atoms with E-state index in [1.54, 1.807) is 19.4 Å². The first-order valence-corrected chi connectivity index (χ1v) is 4.43. The molecule has 0 saturated heterocycles. The van der Waals surface area contributed by atoms with Gasteiger partial charge in [0.25, 0.3) is 0 Å². The number of hydrogen-bond acceptors (Lipinski definition) is 4. The number of nitrogens with one attached hydrogen (secondary N) is 1. The van der Waals surface area contributed by atoms with Crippen LogP contribution in [0.4, 0.5) is 5.95 Å². The topological polar surface area (TPSA) is 47.0 Å². The molecular formula is C9H13N3O. The fourth-order valence-corrected chi connectivity index (χ4v) is 1.21. The minimum atomic E-state index is 0.548. The van der Waals surface area contributed by atoms with Crippen LogP contribution in [0.15, 0.2) is 12.3 Å². The normalized spacial score (nSPS) is 25.4. The van der Waals surface area contributed by atoms with Crippen LogP contribution in [0.2, 0.25) is 0 Å². The number of hydrogen-bond donors (Lipinski definition) is 1. The Morgan fingerprint density at radius 2 is 2.38 bits per heavy atom. The van der Waals surface area contributed by atoms with Gasteiger partial charge in [-0.25, -0.2) is 4.98 Å². The molecule has 1 aromatic rings. The van der Waals surface area contributed by atoms with Crippen LogP contribution < -0.4 is 10.1 Å². The van der Waals surface area contributed by atoms with Crippen molar-refractivity contribution in [2.45, 2.75) is 19.4 Å². The molecule has 0 bridgehead atoms. The third kappa shape index (κ3) is 1.88. The van der Waals surface area contributed by atoms with Gasteiger partial charge in [0, 0.05) is 18.3 Å². The number of ether oxygens (including phenoxy) is 1. The number of rotatable bonds is 3. The van der Waals surface area contributed by atoms with Crippen molar-refractivity contribution in [1.82, 2.24) is 9.97 Å². The lowest BCUT2D eigenvalue weighted by Crippen LogP contribution is -2.07. The van der Waals surface area contributed by atoms with Crippen molar-refractivity contribution >= 4 is 5.95 Å². The van der Waals surface area contributed by atoms with Crippen molar-refractivity contribution in [2.24, 2.45) is 5.92 Å². The molecule has 13 heavy (non-hydrogen) atoms. The molecule has 4 heteroatoms. The molecule has 0 aromatic carbocycles. The molecular weight excluding hydrogens is 166 g/mol. The zero-order valence-corrected chi connectivity index (χ0v) is 7.82. The first kappa shape index (κ1) is 8.29. The molecule has 2 unspecified atom stereocenters. The molecule has 1 aromatic heterocycles. The molecule has 2 atom stereocenters. The van der Waals surface area contributed by atoms with Gasteiger partial charge in [-0.15, -0.1) is 0 Å². The van der Waals surface area contributed by atoms with Gasteiger partial charge in [0.15, 0.2) is 0 Å². The lowest BCUT2D eigenvalue weighted by molar-refractivity contribution is 0.397. The fraction of sp³-hybridized carbons (Fsp3) is 0.556. The third-order valence-electron chi connectivity index (χ3n) is 2.26. The molecule has 2 rings (SSSR count). The summed E-state index contributed by atoms with van der Waals surface area (Å²) >= 11 is 0. The van der Waals surface area contributed by atoms with Gasteiger partial charge in [-0.05, 0) is 12.3 Å². The molecule has 1 fully saturated rings. The van der Waals surface area contributed by atoms with Gasteiger partial charge in [-0.1, -0.05) is 6.92 Å². The molecule has 0 aliphatic heterocycles. The fourth-order valence-electron chi connectivity index (χ4n) is 1.21. The minimum absolute atomic E-state index is 0.548. The van der Waals surface area contributed by atoms with Gasteiger partial charge >= 0.3 is 0 Å². The zero-order valence-electron chi connectivity index (χ0n) is 7.82. The van der Waals surface area contributed by atoms with Crippen molar-refractivity contribution in [3.63, 3.8) is 0 Å². The molecule has 0 spiro atoms. The van der Waals surface area contributed by atoms with Gasteiger partial charge in [0.05, 0.1) is 7.11 Å². The molecule has 1 N–H and O–H groups in total. The van der Waals surface area contributed by atoms with Crippen molar-refractivity contribution < 1.29 is 4.74 Å². The summed E-state index contributed by atoms with van der Waals surface area (Å²) in [6, 6.07) is 2.29. The maximum Gasteiger partial charge on any atom is 0.226 e. The second kappa shape index (κ2) is 3.20. The number of aromatic nitrogens is 2. The molecule has 70 valence electrons. The quantitative estimate of drug-likeness (QED) is 0.759. The summed E-state index contributed by atoms with van der Waals surface area (Å²) in [5, 5.41) is 3.24. The number of methoxy groups -OCH3 is 1. The highest BCUT2D eigenvalue weighted by molar-refractivity contribution is 5.31. The van der Waals surface area contributed by atoms with Crippen LogP contribution in [0.25, 0.3) is 0 Å². The van der Waals surface area contributed by atoms with E-state index in [0.29, 0.717) is 17.9 Å². The van der Waals surface area contributed by atoms with E-state index in [2.05, 4.69) is 22.2 Å². The lowest BCUT2D eigenvalue weighted by atomic mass is 10.5. The number of anilines is 1. The predicted molar refractivity (Wildman–Crippen MR) is 49.8 cm³/mol. The van der Waals surface area contributed by atoms with Crippen molar-refractivity contribution in [2.75, 3.05) is 12.4 Å². The Morgan fingerprint density at radius 3 is 3.00 bits per heavy atom. The first-order valence-electron chi connectivity index (χ1n) is 4.43. The Morgan fingerprint density at radius 1 is 1.62 bits per heavy atom. The van der Waals surface area contributed by atoms with Gasteiger partial charge in [-0.3, -0.25) is 0 Å². The van der Waals surface area contributed by atoms with Crippen LogP contribution >= 0.6 is 0 Å². The van der Waals surface area contributed by atoms with E-state index in [4.69, 9.17) is 4.74 Å². The maximum absolute atomic E-state index is 4.99. The highest BCUT2D eigenvalue weighted by Gasteiger charge is 2.32. The van der Waals surface area contributed by atoms with Gasteiger partial charge in [-0.2, -0.15) is 4.98 Å². The van der Waals surface area contributed by atoms with Crippen LogP contribution in [0, 0.1) is 5.92 Å². The zero-order chi connectivity index (χ0) is 9.26. The van der Waals surface area contributed by atoms with Crippen molar-refractivity contribution in [3.8, 4) is 5.88 Å². The van der Waals surface area contributed by atoms with E-state index in [9.17, 15) is 0 Å². The van der Waals surface area contributed by atoms with Crippen molar-refractivity contribution in [3.05, 3.63) is 12.3 Å². The average molecular weight is 179 g/mol. The SMILES string of the molecule is COc1ccnc(NC2CC2C)n1. The monoisotopic (exact) mass is 179 g/mol. The summed E-state index contributed by atoms with van der Waals surface area (Å²) in [7, 11) is 1.60. The summed E-state index contributed by atoms with van der Waals surface area (Å²) in [6.07, 6.45) is 2.90. The Balaban J connectivity index is 2.03. The second-order valence-electron chi connectivity index (χ2n) is 3.39. The number of nitrogens with zero attached hydrogens (tertiary/aromatic N) is 2. The van der Waals surface area contributed by atoms with Crippen LogP contribution in [0.5, 0.6) is 5.88 Å². The van der Waals surface area contributed by atoms with E-state index in [0.717, 1.165) is 5.92 Å². The largest absolute Gasteiger partial charge is 0.481 e. The van der Waals surface area contributed by atoms with Gasteiger partial charge in [0.1, 0.15) is 0 Å². The Kier molecular flexibility index (Phi) is 2.04. The second-order valence-corrected chi connectivity index (χ2v) is 3.39. The highest BCUT2D eigenvalue weighted by Crippen LogP contribution is 2.31. The van der Waals surface area contributed by atoms with Crippen molar-refractivity contribution in [1.29, 1.82) is 0 Å².